The predicted octanol–water partition coefficient (Wildman–Crippen LogP) is 4.63. The fourth-order valence-corrected chi connectivity index (χ4v) is 4.34. The van der Waals surface area contributed by atoms with Gasteiger partial charge in [0.05, 0.1) is 7.11 Å². The summed E-state index contributed by atoms with van der Waals surface area (Å²) in [5, 5.41) is 0. The Balaban J connectivity index is 0.00000106. The molecule has 0 aliphatic heterocycles. The van der Waals surface area contributed by atoms with Crippen molar-refractivity contribution in [2.45, 2.75) is 59.5 Å². The summed E-state index contributed by atoms with van der Waals surface area (Å²) >= 11 is 0. The van der Waals surface area contributed by atoms with Gasteiger partial charge >= 0.3 is 29.6 Å². The number of hydrogen-bond acceptors (Lipinski definition) is 3. The summed E-state index contributed by atoms with van der Waals surface area (Å²) < 4.78 is 11.5. The minimum Gasteiger partial charge on any atom is -0.829 e. The summed E-state index contributed by atoms with van der Waals surface area (Å²) in [6, 6.07) is 23.0. The number of aryl methyl sites for hydroxylation is 1. The number of ether oxygens (including phenoxy) is 2. The normalized spacial score (nSPS) is 13.1. The van der Waals surface area contributed by atoms with Gasteiger partial charge in [-0.05, 0) is 76.5 Å². The van der Waals surface area contributed by atoms with E-state index in [-0.39, 0.29) is 35.0 Å². The topological polar surface area (TPSA) is 41.5 Å². The summed E-state index contributed by atoms with van der Waals surface area (Å²) in [6.45, 7) is 9.09. The van der Waals surface area contributed by atoms with Gasteiger partial charge in [0.25, 0.3) is 0 Å². The van der Waals surface area contributed by atoms with E-state index < -0.39 is 8.15 Å². The molecule has 188 valence electrons. The molecule has 1 aliphatic carbocycles. The first-order valence-electron chi connectivity index (χ1n) is 12.6. The number of benzene rings is 3. The molecule has 1 unspecified atom stereocenters. The SMILES string of the molecule is C1CC1.COc1cccc(-c2ccc(COc3cccc(CCP(C)[O-])c3)cc2CC(C)(C)C)c1.[Na+]. The van der Waals surface area contributed by atoms with E-state index in [4.69, 9.17) is 9.47 Å². The Hall–Kier alpha value is -1.35. The van der Waals surface area contributed by atoms with Crippen LogP contribution >= 0.6 is 8.15 Å². The minimum absolute atomic E-state index is 0. The van der Waals surface area contributed by atoms with Gasteiger partial charge in [0.15, 0.2) is 0 Å². The summed E-state index contributed by atoms with van der Waals surface area (Å²) in [7, 11) is 0.583. The van der Waals surface area contributed by atoms with E-state index in [0.29, 0.717) is 12.8 Å². The summed E-state index contributed by atoms with van der Waals surface area (Å²) in [6.07, 6.45) is 6.99. The minimum atomic E-state index is -1.12. The van der Waals surface area contributed by atoms with Crippen molar-refractivity contribution in [3.05, 3.63) is 83.4 Å². The molecule has 0 spiro atoms. The first-order valence-corrected chi connectivity index (χ1v) is 14.5. The molecular formula is C31H40NaO3P. The number of hydrogen-bond donors (Lipinski definition) is 0. The molecule has 0 N–H and O–H groups in total. The van der Waals surface area contributed by atoms with E-state index in [2.05, 4.69) is 63.2 Å². The summed E-state index contributed by atoms with van der Waals surface area (Å²) in [5.41, 5.74) is 6.19. The maximum Gasteiger partial charge on any atom is 1.00 e. The molecule has 0 radical (unpaired) electrons. The van der Waals surface area contributed by atoms with Crippen LogP contribution in [0.2, 0.25) is 0 Å². The van der Waals surface area contributed by atoms with Crippen LogP contribution < -0.4 is 43.9 Å². The third-order valence-electron chi connectivity index (χ3n) is 5.64. The van der Waals surface area contributed by atoms with Gasteiger partial charge < -0.3 is 14.4 Å². The average molecular weight is 515 g/mol. The molecule has 3 aromatic rings. The Morgan fingerprint density at radius 2 is 1.56 bits per heavy atom. The smallest absolute Gasteiger partial charge is 0.829 e. The summed E-state index contributed by atoms with van der Waals surface area (Å²) in [5.74, 6) is 1.71. The van der Waals surface area contributed by atoms with E-state index in [9.17, 15) is 4.89 Å². The monoisotopic (exact) mass is 514 g/mol. The van der Waals surface area contributed by atoms with Crippen molar-refractivity contribution in [2.75, 3.05) is 19.9 Å². The Kier molecular flexibility index (Phi) is 13.0. The van der Waals surface area contributed by atoms with Crippen LogP contribution in [-0.4, -0.2) is 19.9 Å². The molecule has 0 heterocycles. The Morgan fingerprint density at radius 3 is 2.19 bits per heavy atom. The molecule has 1 aliphatic rings. The van der Waals surface area contributed by atoms with Gasteiger partial charge in [-0.2, -0.15) is 0 Å². The molecule has 5 heteroatoms. The number of methoxy groups -OCH3 is 1. The number of rotatable bonds is 9. The van der Waals surface area contributed by atoms with Crippen LogP contribution in [0.4, 0.5) is 0 Å². The second-order valence-electron chi connectivity index (χ2n) is 10.6. The average Bonchev–Trinajstić information content (AvgIpc) is 3.71. The van der Waals surface area contributed by atoms with E-state index in [1.54, 1.807) is 13.8 Å². The van der Waals surface area contributed by atoms with E-state index >= 15 is 0 Å². The van der Waals surface area contributed by atoms with Gasteiger partial charge in [0.1, 0.15) is 18.1 Å². The Bertz CT molecular complexity index is 1070. The van der Waals surface area contributed by atoms with Crippen LogP contribution in [-0.2, 0) is 19.4 Å². The summed E-state index contributed by atoms with van der Waals surface area (Å²) in [4.78, 5) is 11.4. The van der Waals surface area contributed by atoms with Crippen LogP contribution in [0.25, 0.3) is 11.1 Å². The maximum absolute atomic E-state index is 11.4. The molecule has 3 nitrogen and oxygen atoms in total. The fraction of sp³-hybridized carbons (Fsp3) is 0.419. The van der Waals surface area contributed by atoms with Crippen molar-refractivity contribution >= 4 is 8.15 Å². The molecule has 36 heavy (non-hydrogen) atoms. The van der Waals surface area contributed by atoms with Crippen LogP contribution in [0.15, 0.2) is 66.7 Å². The van der Waals surface area contributed by atoms with Gasteiger partial charge in [-0.15, -0.1) is 0 Å². The first-order chi connectivity index (χ1) is 16.7. The predicted molar refractivity (Wildman–Crippen MR) is 148 cm³/mol. The Morgan fingerprint density at radius 1 is 0.861 bits per heavy atom. The molecule has 4 rings (SSSR count). The second-order valence-corrected chi connectivity index (χ2v) is 12.3. The zero-order chi connectivity index (χ0) is 25.3. The zero-order valence-electron chi connectivity index (χ0n) is 23.0. The largest absolute Gasteiger partial charge is 1.00 e. The van der Waals surface area contributed by atoms with E-state index in [0.717, 1.165) is 41.0 Å². The van der Waals surface area contributed by atoms with Crippen molar-refractivity contribution in [3.63, 3.8) is 0 Å². The van der Waals surface area contributed by atoms with Crippen LogP contribution in [0.5, 0.6) is 11.5 Å². The molecule has 0 amide bonds. The van der Waals surface area contributed by atoms with Crippen LogP contribution in [0.3, 0.4) is 0 Å². The van der Waals surface area contributed by atoms with Gasteiger partial charge in [-0.1, -0.05) is 89.2 Å². The molecule has 3 aromatic carbocycles. The van der Waals surface area contributed by atoms with Crippen LogP contribution in [0, 0.1) is 5.41 Å². The molecule has 0 saturated heterocycles. The van der Waals surface area contributed by atoms with E-state index in [1.807, 2.05) is 24.3 Å². The zero-order valence-corrected chi connectivity index (χ0v) is 25.9. The first kappa shape index (κ1) is 30.9. The molecule has 0 bridgehead atoms. The van der Waals surface area contributed by atoms with E-state index in [1.165, 1.54) is 30.4 Å². The fourth-order valence-electron chi connectivity index (χ4n) is 3.77. The quantitative estimate of drug-likeness (QED) is 0.309. The maximum atomic E-state index is 11.4. The van der Waals surface area contributed by atoms with Crippen molar-refractivity contribution in [3.8, 4) is 22.6 Å². The van der Waals surface area contributed by atoms with Gasteiger partial charge in [0.2, 0.25) is 0 Å². The van der Waals surface area contributed by atoms with Crippen molar-refractivity contribution < 1.29 is 43.9 Å². The standard InChI is InChI=1S/C28H34O3P.C3H6.Na/c1-28(2,3)19-24-16-22(12-13-27(24)23-9-7-10-25(18-23)30-4)20-31-26-11-6-8-21(17-26)14-15-32(5)29;1-2-3-1;/h6-13,16-18H,14-15,19-20H2,1-5H3;1-3H2;/q-1;;+1. The van der Waals surface area contributed by atoms with Crippen molar-refractivity contribution in [1.29, 1.82) is 0 Å². The van der Waals surface area contributed by atoms with Crippen LogP contribution in [0.1, 0.15) is 56.7 Å². The third kappa shape index (κ3) is 11.4. The third-order valence-corrected chi connectivity index (χ3v) is 6.50. The molecule has 1 fully saturated rings. The molecule has 1 saturated carbocycles. The molecule has 1 atom stereocenters. The molecule has 0 aromatic heterocycles. The van der Waals surface area contributed by atoms with Crippen molar-refractivity contribution in [2.24, 2.45) is 5.41 Å². The Labute approximate surface area is 241 Å². The second kappa shape index (κ2) is 15.2. The van der Waals surface area contributed by atoms with Crippen molar-refractivity contribution in [1.82, 2.24) is 0 Å². The van der Waals surface area contributed by atoms with Gasteiger partial charge in [-0.25, -0.2) is 8.15 Å². The van der Waals surface area contributed by atoms with Gasteiger partial charge in [-0.3, -0.25) is 0 Å². The molecular weight excluding hydrogens is 474 g/mol. The van der Waals surface area contributed by atoms with Gasteiger partial charge in [0, 0.05) is 0 Å².